The average Bonchev–Trinajstić information content (AvgIpc) is 2.47. The Morgan fingerprint density at radius 3 is 2.89 bits per heavy atom. The molecule has 0 aromatic carbocycles. The first-order valence-electron chi connectivity index (χ1n) is 7.27. The van der Waals surface area contributed by atoms with Gasteiger partial charge in [-0.05, 0) is 38.3 Å². The number of hydrogen-bond acceptors (Lipinski definition) is 5. The molecule has 2 N–H and O–H groups in total. The molecule has 106 valence electrons. The Balaban J connectivity index is 1.87. The van der Waals surface area contributed by atoms with Gasteiger partial charge in [-0.25, -0.2) is 9.97 Å². The molecule has 1 saturated heterocycles. The highest BCUT2D eigenvalue weighted by atomic mass is 15.2. The topological polar surface area (TPSA) is 53.1 Å². The van der Waals surface area contributed by atoms with Crippen molar-refractivity contribution < 1.29 is 0 Å². The highest BCUT2D eigenvalue weighted by Gasteiger charge is 2.13. The molecule has 2 rings (SSSR count). The number of nitrogens with one attached hydrogen (secondary N) is 2. The van der Waals surface area contributed by atoms with Crippen molar-refractivity contribution in [2.75, 3.05) is 43.4 Å². The molecule has 1 aliphatic rings. The zero-order chi connectivity index (χ0) is 13.5. The lowest BCUT2D eigenvalue weighted by atomic mass is 9.98. The van der Waals surface area contributed by atoms with Crippen LogP contribution in [0.1, 0.15) is 26.2 Å². The van der Waals surface area contributed by atoms with Gasteiger partial charge in [0.15, 0.2) is 0 Å². The van der Waals surface area contributed by atoms with Crippen LogP contribution in [-0.4, -0.2) is 43.2 Å². The van der Waals surface area contributed by atoms with Crippen LogP contribution < -0.4 is 15.5 Å². The first kappa shape index (κ1) is 14.1. The van der Waals surface area contributed by atoms with Gasteiger partial charge in [0.1, 0.15) is 18.0 Å². The van der Waals surface area contributed by atoms with Crippen LogP contribution in [0.5, 0.6) is 0 Å². The van der Waals surface area contributed by atoms with E-state index in [0.29, 0.717) is 0 Å². The van der Waals surface area contributed by atoms with Gasteiger partial charge in [-0.15, -0.1) is 0 Å². The lowest BCUT2D eigenvalue weighted by Gasteiger charge is -2.23. The lowest BCUT2D eigenvalue weighted by molar-refractivity contribution is 0.389. The van der Waals surface area contributed by atoms with Crippen LogP contribution >= 0.6 is 0 Å². The Labute approximate surface area is 115 Å². The third-order valence-electron chi connectivity index (χ3n) is 3.63. The normalized spacial score (nSPS) is 16.3. The maximum absolute atomic E-state index is 4.32. The third kappa shape index (κ3) is 4.35. The van der Waals surface area contributed by atoms with Crippen LogP contribution in [0.2, 0.25) is 0 Å². The standard InChI is InChI=1S/C14H25N5/c1-3-8-19(2)14-9-13(17-11-18-14)16-10-12-4-6-15-7-5-12/h9,11-12,15H,3-8,10H2,1-2H3,(H,16,17,18). The van der Waals surface area contributed by atoms with Crippen molar-refractivity contribution in [2.45, 2.75) is 26.2 Å². The molecule has 1 aromatic heterocycles. The van der Waals surface area contributed by atoms with Crippen molar-refractivity contribution in [2.24, 2.45) is 5.92 Å². The Kier molecular flexibility index (Phi) is 5.39. The zero-order valence-electron chi connectivity index (χ0n) is 12.0. The third-order valence-corrected chi connectivity index (χ3v) is 3.63. The summed E-state index contributed by atoms with van der Waals surface area (Å²) < 4.78 is 0. The summed E-state index contributed by atoms with van der Waals surface area (Å²) in [6, 6.07) is 2.04. The van der Waals surface area contributed by atoms with Crippen LogP contribution in [0.15, 0.2) is 12.4 Å². The van der Waals surface area contributed by atoms with E-state index in [1.54, 1.807) is 6.33 Å². The predicted molar refractivity (Wildman–Crippen MR) is 79.7 cm³/mol. The summed E-state index contributed by atoms with van der Waals surface area (Å²) in [5, 5.41) is 6.84. The highest BCUT2D eigenvalue weighted by molar-refractivity contribution is 5.47. The molecule has 0 atom stereocenters. The SMILES string of the molecule is CCCN(C)c1cc(NCC2CCNCC2)ncn1. The minimum atomic E-state index is 0.757. The van der Waals surface area contributed by atoms with Gasteiger partial charge in [0.25, 0.3) is 0 Å². The molecule has 0 amide bonds. The highest BCUT2D eigenvalue weighted by Crippen LogP contribution is 2.15. The van der Waals surface area contributed by atoms with Crippen molar-refractivity contribution in [3.05, 3.63) is 12.4 Å². The predicted octanol–water partition coefficient (Wildman–Crippen LogP) is 1.73. The summed E-state index contributed by atoms with van der Waals surface area (Å²) in [6.45, 7) is 6.48. The number of nitrogens with zero attached hydrogens (tertiary/aromatic N) is 3. The number of anilines is 2. The van der Waals surface area contributed by atoms with Gasteiger partial charge in [-0.1, -0.05) is 6.92 Å². The molecule has 19 heavy (non-hydrogen) atoms. The van der Waals surface area contributed by atoms with E-state index in [-0.39, 0.29) is 0 Å². The van der Waals surface area contributed by atoms with Crippen LogP contribution in [0.4, 0.5) is 11.6 Å². The van der Waals surface area contributed by atoms with E-state index >= 15 is 0 Å². The quantitative estimate of drug-likeness (QED) is 0.818. The molecule has 0 bridgehead atoms. The fourth-order valence-electron chi connectivity index (χ4n) is 2.44. The molecular weight excluding hydrogens is 238 g/mol. The van der Waals surface area contributed by atoms with E-state index in [2.05, 4.69) is 39.5 Å². The van der Waals surface area contributed by atoms with E-state index in [4.69, 9.17) is 0 Å². The summed E-state index contributed by atoms with van der Waals surface area (Å²) in [4.78, 5) is 10.8. The Hall–Kier alpha value is -1.36. The fraction of sp³-hybridized carbons (Fsp3) is 0.714. The summed E-state index contributed by atoms with van der Waals surface area (Å²) in [5.74, 6) is 2.68. The second kappa shape index (κ2) is 7.28. The van der Waals surface area contributed by atoms with Gasteiger partial charge in [0, 0.05) is 26.2 Å². The first-order valence-corrected chi connectivity index (χ1v) is 7.27. The van der Waals surface area contributed by atoms with Gasteiger partial charge in [-0.2, -0.15) is 0 Å². The van der Waals surface area contributed by atoms with Gasteiger partial charge >= 0.3 is 0 Å². The van der Waals surface area contributed by atoms with Crippen LogP contribution in [-0.2, 0) is 0 Å². The van der Waals surface area contributed by atoms with E-state index in [1.165, 1.54) is 12.8 Å². The molecule has 0 saturated carbocycles. The van der Waals surface area contributed by atoms with Crippen molar-refractivity contribution in [1.82, 2.24) is 15.3 Å². The zero-order valence-corrected chi connectivity index (χ0v) is 12.0. The Bertz CT molecular complexity index is 376. The van der Waals surface area contributed by atoms with Crippen molar-refractivity contribution in [1.29, 1.82) is 0 Å². The molecule has 5 nitrogen and oxygen atoms in total. The maximum Gasteiger partial charge on any atom is 0.133 e. The minimum absolute atomic E-state index is 0.757. The number of aromatic nitrogens is 2. The molecule has 0 radical (unpaired) electrons. The van der Waals surface area contributed by atoms with Crippen molar-refractivity contribution >= 4 is 11.6 Å². The largest absolute Gasteiger partial charge is 0.370 e. The maximum atomic E-state index is 4.32. The Morgan fingerprint density at radius 2 is 2.16 bits per heavy atom. The molecule has 1 aliphatic heterocycles. The summed E-state index contributed by atoms with van der Waals surface area (Å²) in [6.07, 6.45) is 5.27. The fourth-order valence-corrected chi connectivity index (χ4v) is 2.44. The average molecular weight is 263 g/mol. The summed E-state index contributed by atoms with van der Waals surface area (Å²) in [5.41, 5.74) is 0. The smallest absolute Gasteiger partial charge is 0.133 e. The molecule has 1 fully saturated rings. The van der Waals surface area contributed by atoms with Gasteiger partial charge in [0.2, 0.25) is 0 Å². The van der Waals surface area contributed by atoms with Crippen LogP contribution in [0, 0.1) is 5.92 Å². The molecular formula is C14H25N5. The lowest BCUT2D eigenvalue weighted by Crippen LogP contribution is -2.31. The second-order valence-corrected chi connectivity index (χ2v) is 5.26. The number of rotatable bonds is 6. The van der Waals surface area contributed by atoms with E-state index in [1.807, 2.05) is 6.07 Å². The van der Waals surface area contributed by atoms with Gasteiger partial charge in [0.05, 0.1) is 0 Å². The van der Waals surface area contributed by atoms with E-state index in [0.717, 1.165) is 50.2 Å². The van der Waals surface area contributed by atoms with Crippen LogP contribution in [0.3, 0.4) is 0 Å². The Morgan fingerprint density at radius 1 is 1.37 bits per heavy atom. The van der Waals surface area contributed by atoms with E-state index in [9.17, 15) is 0 Å². The second-order valence-electron chi connectivity index (χ2n) is 5.26. The number of piperidine rings is 1. The number of hydrogen-bond donors (Lipinski definition) is 2. The van der Waals surface area contributed by atoms with Gasteiger partial charge < -0.3 is 15.5 Å². The first-order chi connectivity index (χ1) is 9.29. The molecule has 0 aliphatic carbocycles. The summed E-state index contributed by atoms with van der Waals surface area (Å²) in [7, 11) is 2.07. The van der Waals surface area contributed by atoms with Crippen molar-refractivity contribution in [3.8, 4) is 0 Å². The molecule has 0 unspecified atom stereocenters. The molecule has 1 aromatic rings. The minimum Gasteiger partial charge on any atom is -0.370 e. The molecule has 5 heteroatoms. The van der Waals surface area contributed by atoms with Crippen LogP contribution in [0.25, 0.3) is 0 Å². The van der Waals surface area contributed by atoms with Gasteiger partial charge in [-0.3, -0.25) is 0 Å². The van der Waals surface area contributed by atoms with E-state index < -0.39 is 0 Å². The summed E-state index contributed by atoms with van der Waals surface area (Å²) >= 11 is 0. The van der Waals surface area contributed by atoms with Crippen molar-refractivity contribution in [3.63, 3.8) is 0 Å². The monoisotopic (exact) mass is 263 g/mol. The molecule has 0 spiro atoms. The molecule has 2 heterocycles.